The maximum Gasteiger partial charge on any atom is 0.214 e. The van der Waals surface area contributed by atoms with Crippen molar-refractivity contribution < 1.29 is 12.8 Å². The number of rotatable bonds is 8. The number of nitrogens with zero attached hydrogens (tertiary/aromatic N) is 1. The normalized spacial score (nSPS) is 12.0. The molecule has 0 saturated carbocycles. The summed E-state index contributed by atoms with van der Waals surface area (Å²) in [6, 6.07) is 6.22. The fraction of sp³-hybridized carbons (Fsp3) is 0.538. The average molecular weight is 288 g/mol. The zero-order chi connectivity index (χ0) is 14.3. The molecule has 0 radical (unpaired) electrons. The van der Waals surface area contributed by atoms with Crippen LogP contribution in [0.2, 0.25) is 0 Å². The summed E-state index contributed by atoms with van der Waals surface area (Å²) in [6.07, 6.45) is 0.553. The molecule has 4 nitrogen and oxygen atoms in total. The summed E-state index contributed by atoms with van der Waals surface area (Å²) in [5.74, 6) is -0.303. The maximum atomic E-state index is 13.5. The summed E-state index contributed by atoms with van der Waals surface area (Å²) in [7, 11) is -1.85. The van der Waals surface area contributed by atoms with Gasteiger partial charge >= 0.3 is 0 Å². The highest BCUT2D eigenvalue weighted by atomic mass is 32.2. The molecule has 0 bridgehead atoms. The summed E-state index contributed by atoms with van der Waals surface area (Å²) in [5, 5.41) is 3.08. The van der Waals surface area contributed by atoms with Crippen molar-refractivity contribution in [2.45, 2.75) is 19.9 Å². The molecule has 1 rings (SSSR count). The van der Waals surface area contributed by atoms with Gasteiger partial charge in [0.05, 0.1) is 5.75 Å². The minimum absolute atomic E-state index is 0.0657. The van der Waals surface area contributed by atoms with Gasteiger partial charge in [0.15, 0.2) is 0 Å². The predicted molar refractivity (Wildman–Crippen MR) is 74.8 cm³/mol. The summed E-state index contributed by atoms with van der Waals surface area (Å²) in [5.41, 5.74) is 0.389. The molecule has 0 aliphatic carbocycles. The molecule has 0 aliphatic rings. The van der Waals surface area contributed by atoms with Gasteiger partial charge in [-0.25, -0.2) is 17.1 Å². The van der Waals surface area contributed by atoms with Gasteiger partial charge in [-0.15, -0.1) is 0 Å². The summed E-state index contributed by atoms with van der Waals surface area (Å²) in [6.45, 7) is 3.53. The summed E-state index contributed by atoms with van der Waals surface area (Å²) < 4.78 is 38.6. The second-order valence-corrected chi connectivity index (χ2v) is 6.57. The number of halogens is 1. The van der Waals surface area contributed by atoms with Crippen LogP contribution in [-0.4, -0.2) is 38.6 Å². The molecule has 0 heterocycles. The smallest absolute Gasteiger partial charge is 0.214 e. The highest BCUT2D eigenvalue weighted by Crippen LogP contribution is 2.11. The minimum Gasteiger partial charge on any atom is -0.317 e. The lowest BCUT2D eigenvalue weighted by Gasteiger charge is -2.17. The highest BCUT2D eigenvalue weighted by Gasteiger charge is 2.18. The molecule has 108 valence electrons. The van der Waals surface area contributed by atoms with E-state index in [0.717, 1.165) is 6.54 Å². The number of sulfonamides is 1. The van der Waals surface area contributed by atoms with Crippen molar-refractivity contribution in [3.05, 3.63) is 35.6 Å². The molecule has 1 aromatic rings. The van der Waals surface area contributed by atoms with Gasteiger partial charge in [-0.1, -0.05) is 25.1 Å². The largest absolute Gasteiger partial charge is 0.317 e. The maximum absolute atomic E-state index is 13.5. The Kier molecular flexibility index (Phi) is 6.41. The molecule has 0 saturated heterocycles. The first-order valence-electron chi connectivity index (χ1n) is 6.35. The third-order valence-electron chi connectivity index (χ3n) is 2.83. The van der Waals surface area contributed by atoms with Gasteiger partial charge in [0.2, 0.25) is 10.0 Å². The van der Waals surface area contributed by atoms with Gasteiger partial charge in [-0.2, -0.15) is 0 Å². The van der Waals surface area contributed by atoms with Crippen molar-refractivity contribution in [3.63, 3.8) is 0 Å². The van der Waals surface area contributed by atoms with Crippen LogP contribution in [0.1, 0.15) is 18.9 Å². The zero-order valence-electron chi connectivity index (χ0n) is 11.4. The van der Waals surface area contributed by atoms with Gasteiger partial charge in [-0.05, 0) is 25.6 Å². The van der Waals surface area contributed by atoms with Crippen LogP contribution in [0.3, 0.4) is 0 Å². The van der Waals surface area contributed by atoms with Crippen LogP contribution in [0.15, 0.2) is 24.3 Å². The Morgan fingerprint density at radius 3 is 2.63 bits per heavy atom. The lowest BCUT2D eigenvalue weighted by molar-refractivity contribution is 0.454. The third kappa shape index (κ3) is 5.26. The van der Waals surface area contributed by atoms with Crippen molar-refractivity contribution in [1.29, 1.82) is 0 Å². The van der Waals surface area contributed by atoms with E-state index in [9.17, 15) is 12.8 Å². The van der Waals surface area contributed by atoms with Crippen LogP contribution in [0.4, 0.5) is 4.39 Å². The number of hydrogen-bond acceptors (Lipinski definition) is 3. The standard InChI is InChI=1S/C13H21FN2O2S/c1-3-15-9-6-10-19(17,18)16(2)11-12-7-4-5-8-13(12)14/h4-5,7-8,15H,3,6,9-11H2,1-2H3. The third-order valence-corrected chi connectivity index (χ3v) is 4.71. The van der Waals surface area contributed by atoms with E-state index >= 15 is 0 Å². The second kappa shape index (κ2) is 7.57. The van der Waals surface area contributed by atoms with Crippen molar-refractivity contribution in [2.75, 3.05) is 25.9 Å². The Hall–Kier alpha value is -0.980. The Bertz CT molecular complexity index is 491. The molecule has 0 aromatic heterocycles. The second-order valence-electron chi connectivity index (χ2n) is 4.37. The fourth-order valence-corrected chi connectivity index (χ4v) is 2.83. The Morgan fingerprint density at radius 1 is 1.32 bits per heavy atom. The molecule has 0 spiro atoms. The van der Waals surface area contributed by atoms with Gasteiger partial charge in [0.1, 0.15) is 5.82 Å². The average Bonchev–Trinajstić information content (AvgIpc) is 2.37. The monoisotopic (exact) mass is 288 g/mol. The van der Waals surface area contributed by atoms with Gasteiger partial charge in [0, 0.05) is 19.2 Å². The van der Waals surface area contributed by atoms with E-state index < -0.39 is 10.0 Å². The molecular formula is C13H21FN2O2S. The number of hydrogen-bond donors (Lipinski definition) is 1. The molecule has 1 aromatic carbocycles. The SMILES string of the molecule is CCNCCCS(=O)(=O)N(C)Cc1ccccc1F. The van der Waals surface area contributed by atoms with E-state index in [2.05, 4.69) is 5.32 Å². The highest BCUT2D eigenvalue weighted by molar-refractivity contribution is 7.89. The van der Waals surface area contributed by atoms with Gasteiger partial charge in [-0.3, -0.25) is 0 Å². The Morgan fingerprint density at radius 2 is 2.00 bits per heavy atom. The van der Waals surface area contributed by atoms with Crippen LogP contribution in [-0.2, 0) is 16.6 Å². The molecule has 1 N–H and O–H groups in total. The quantitative estimate of drug-likeness (QED) is 0.739. The van der Waals surface area contributed by atoms with Crippen molar-refractivity contribution in [2.24, 2.45) is 0 Å². The van der Waals surface area contributed by atoms with Crippen LogP contribution in [0.5, 0.6) is 0 Å². The van der Waals surface area contributed by atoms with Gasteiger partial charge < -0.3 is 5.32 Å². The molecule has 0 fully saturated rings. The first-order valence-corrected chi connectivity index (χ1v) is 7.96. The van der Waals surface area contributed by atoms with E-state index in [1.54, 1.807) is 18.2 Å². The molecule has 0 atom stereocenters. The molecular weight excluding hydrogens is 267 g/mol. The Labute approximate surface area is 114 Å². The molecule has 19 heavy (non-hydrogen) atoms. The van der Waals surface area contributed by atoms with Crippen molar-refractivity contribution in [1.82, 2.24) is 9.62 Å². The summed E-state index contributed by atoms with van der Waals surface area (Å²) >= 11 is 0. The lowest BCUT2D eigenvalue weighted by Crippen LogP contribution is -2.30. The van der Waals surface area contributed by atoms with E-state index in [0.29, 0.717) is 18.5 Å². The van der Waals surface area contributed by atoms with Crippen LogP contribution in [0, 0.1) is 5.82 Å². The Balaban J connectivity index is 2.56. The summed E-state index contributed by atoms with van der Waals surface area (Å²) in [4.78, 5) is 0. The van der Waals surface area contributed by atoms with E-state index in [1.165, 1.54) is 17.4 Å². The van der Waals surface area contributed by atoms with Gasteiger partial charge in [0.25, 0.3) is 0 Å². The van der Waals surface area contributed by atoms with E-state index in [4.69, 9.17) is 0 Å². The first kappa shape index (κ1) is 16.1. The van der Waals surface area contributed by atoms with Crippen LogP contribution >= 0.6 is 0 Å². The van der Waals surface area contributed by atoms with Crippen molar-refractivity contribution in [3.8, 4) is 0 Å². The van der Waals surface area contributed by atoms with E-state index in [-0.39, 0.29) is 18.1 Å². The zero-order valence-corrected chi connectivity index (χ0v) is 12.2. The lowest BCUT2D eigenvalue weighted by atomic mass is 10.2. The fourth-order valence-electron chi connectivity index (χ4n) is 1.68. The van der Waals surface area contributed by atoms with Crippen molar-refractivity contribution >= 4 is 10.0 Å². The molecule has 0 amide bonds. The molecule has 0 unspecified atom stereocenters. The molecule has 0 aliphatic heterocycles. The predicted octanol–water partition coefficient (Wildman–Crippen LogP) is 1.59. The number of nitrogens with one attached hydrogen (secondary N) is 1. The minimum atomic E-state index is -3.33. The first-order chi connectivity index (χ1) is 8.97. The topological polar surface area (TPSA) is 49.4 Å². The van der Waals surface area contributed by atoms with E-state index in [1.807, 2.05) is 6.92 Å². The molecule has 6 heteroatoms. The van der Waals surface area contributed by atoms with Crippen LogP contribution < -0.4 is 5.32 Å². The van der Waals surface area contributed by atoms with Crippen LogP contribution in [0.25, 0.3) is 0 Å². The number of benzene rings is 1.